The molecule has 1 aromatic heterocycles. The van der Waals surface area contributed by atoms with Crippen LogP contribution in [0.3, 0.4) is 0 Å². The minimum Gasteiger partial charge on any atom is -0.340 e. The van der Waals surface area contributed by atoms with Gasteiger partial charge in [0.1, 0.15) is 17.5 Å². The van der Waals surface area contributed by atoms with E-state index in [4.69, 9.17) is 5.84 Å². The van der Waals surface area contributed by atoms with Gasteiger partial charge in [0.05, 0.1) is 0 Å². The number of nitrogen functional groups attached to an aromatic ring is 1. The highest BCUT2D eigenvalue weighted by Gasteiger charge is 2.13. The molecule has 0 saturated heterocycles. The summed E-state index contributed by atoms with van der Waals surface area (Å²) in [6.07, 6.45) is 0.551. The molecule has 8 heteroatoms. The van der Waals surface area contributed by atoms with Crippen LogP contribution in [-0.4, -0.2) is 9.97 Å². The second kappa shape index (κ2) is 5.96. The van der Waals surface area contributed by atoms with E-state index in [1.807, 2.05) is 6.92 Å². The van der Waals surface area contributed by atoms with Gasteiger partial charge in [0.15, 0.2) is 17.5 Å². The van der Waals surface area contributed by atoms with Gasteiger partial charge in [0.25, 0.3) is 0 Å². The minimum atomic E-state index is -1.52. The van der Waals surface area contributed by atoms with E-state index < -0.39 is 17.5 Å². The van der Waals surface area contributed by atoms with Gasteiger partial charge in [-0.2, -0.15) is 0 Å². The number of hydrogen-bond donors (Lipinski definition) is 3. The predicted octanol–water partition coefficient (Wildman–Crippen LogP) is 2.79. The van der Waals surface area contributed by atoms with Crippen molar-refractivity contribution >= 4 is 17.3 Å². The maximum Gasteiger partial charge on any atom is 0.194 e. The molecule has 0 aliphatic heterocycles. The smallest absolute Gasteiger partial charge is 0.194 e. The molecule has 5 nitrogen and oxygen atoms in total. The lowest BCUT2D eigenvalue weighted by molar-refractivity contribution is 0.448. The standard InChI is InChI=1S/C13H14F3N5/c1-3-10-19-12(6(2)13(20-10)21-17)18-7-4-8(14)11(16)9(15)5-7/h4-5H,3,17H2,1-2H3,(H2,18,19,20,21). The normalized spacial score (nSPS) is 10.6. The molecule has 1 aromatic carbocycles. The topological polar surface area (TPSA) is 75.9 Å². The number of benzene rings is 1. The van der Waals surface area contributed by atoms with Crippen LogP contribution in [0.5, 0.6) is 0 Å². The van der Waals surface area contributed by atoms with Crippen molar-refractivity contribution in [2.75, 3.05) is 10.7 Å². The third-order valence-corrected chi connectivity index (χ3v) is 2.89. The van der Waals surface area contributed by atoms with Crippen LogP contribution in [0.4, 0.5) is 30.5 Å². The molecule has 112 valence electrons. The van der Waals surface area contributed by atoms with Crippen LogP contribution < -0.4 is 16.6 Å². The number of nitrogens with one attached hydrogen (secondary N) is 2. The number of hydrogen-bond acceptors (Lipinski definition) is 5. The van der Waals surface area contributed by atoms with Crippen molar-refractivity contribution in [3.8, 4) is 0 Å². The summed E-state index contributed by atoms with van der Waals surface area (Å²) >= 11 is 0. The molecule has 0 amide bonds. The summed E-state index contributed by atoms with van der Waals surface area (Å²) in [7, 11) is 0. The van der Waals surface area contributed by atoms with E-state index in [2.05, 4.69) is 20.7 Å². The van der Waals surface area contributed by atoms with Gasteiger partial charge in [-0.3, -0.25) is 0 Å². The summed E-state index contributed by atoms with van der Waals surface area (Å²) in [5, 5.41) is 2.74. The highest BCUT2D eigenvalue weighted by atomic mass is 19.2. The molecule has 0 unspecified atom stereocenters. The van der Waals surface area contributed by atoms with Crippen LogP contribution in [-0.2, 0) is 6.42 Å². The van der Waals surface area contributed by atoms with Crippen LogP contribution >= 0.6 is 0 Å². The van der Waals surface area contributed by atoms with Gasteiger partial charge in [-0.1, -0.05) is 6.92 Å². The highest BCUT2D eigenvalue weighted by molar-refractivity contribution is 5.64. The molecule has 0 aliphatic carbocycles. The van der Waals surface area contributed by atoms with Crippen molar-refractivity contribution in [1.82, 2.24) is 9.97 Å². The monoisotopic (exact) mass is 297 g/mol. The maximum atomic E-state index is 13.2. The fourth-order valence-electron chi connectivity index (χ4n) is 1.75. The van der Waals surface area contributed by atoms with E-state index in [0.29, 0.717) is 29.4 Å². The molecule has 4 N–H and O–H groups in total. The van der Waals surface area contributed by atoms with Crippen molar-refractivity contribution < 1.29 is 13.2 Å². The Kier molecular flexibility index (Phi) is 4.27. The lowest BCUT2D eigenvalue weighted by Gasteiger charge is -2.13. The second-order valence-electron chi connectivity index (χ2n) is 4.34. The molecule has 0 fully saturated rings. The Balaban J connectivity index is 2.43. The van der Waals surface area contributed by atoms with Crippen molar-refractivity contribution in [2.45, 2.75) is 20.3 Å². The fourth-order valence-corrected chi connectivity index (χ4v) is 1.75. The second-order valence-corrected chi connectivity index (χ2v) is 4.34. The van der Waals surface area contributed by atoms with Crippen molar-refractivity contribution in [2.24, 2.45) is 5.84 Å². The molecule has 0 saturated carbocycles. The Morgan fingerprint density at radius 1 is 1.10 bits per heavy atom. The van der Waals surface area contributed by atoms with Gasteiger partial charge < -0.3 is 10.7 Å². The zero-order valence-electron chi connectivity index (χ0n) is 11.5. The minimum absolute atomic E-state index is 0.0400. The number of halogens is 3. The Bertz CT molecular complexity index is 652. The maximum absolute atomic E-state index is 13.2. The van der Waals surface area contributed by atoms with E-state index in [-0.39, 0.29) is 5.69 Å². The Hall–Kier alpha value is -2.35. The zero-order chi connectivity index (χ0) is 15.6. The van der Waals surface area contributed by atoms with Crippen LogP contribution in [0, 0.1) is 24.4 Å². The largest absolute Gasteiger partial charge is 0.340 e. The quantitative estimate of drug-likeness (QED) is 0.459. The number of aromatic nitrogens is 2. The van der Waals surface area contributed by atoms with Crippen LogP contribution in [0.1, 0.15) is 18.3 Å². The molecule has 1 heterocycles. The number of hydrazine groups is 1. The van der Waals surface area contributed by atoms with Crippen molar-refractivity contribution in [1.29, 1.82) is 0 Å². The lowest BCUT2D eigenvalue weighted by atomic mass is 10.2. The lowest BCUT2D eigenvalue weighted by Crippen LogP contribution is -2.14. The van der Waals surface area contributed by atoms with E-state index in [1.165, 1.54) is 0 Å². The van der Waals surface area contributed by atoms with Gasteiger partial charge in [0, 0.05) is 29.8 Å². The zero-order valence-corrected chi connectivity index (χ0v) is 11.5. The molecular weight excluding hydrogens is 283 g/mol. The van der Waals surface area contributed by atoms with E-state index in [9.17, 15) is 13.2 Å². The predicted molar refractivity (Wildman–Crippen MR) is 73.6 cm³/mol. The van der Waals surface area contributed by atoms with E-state index in [1.54, 1.807) is 6.92 Å². The molecule has 21 heavy (non-hydrogen) atoms. The van der Waals surface area contributed by atoms with Crippen LogP contribution in [0.2, 0.25) is 0 Å². The Morgan fingerprint density at radius 2 is 1.67 bits per heavy atom. The first kappa shape index (κ1) is 15.0. The molecule has 0 atom stereocenters. The van der Waals surface area contributed by atoms with Gasteiger partial charge in [0.2, 0.25) is 0 Å². The number of aryl methyl sites for hydroxylation is 1. The fraction of sp³-hybridized carbons (Fsp3) is 0.231. The number of rotatable bonds is 4. The van der Waals surface area contributed by atoms with E-state index in [0.717, 1.165) is 12.1 Å². The van der Waals surface area contributed by atoms with Crippen molar-refractivity contribution in [3.05, 3.63) is 41.0 Å². The summed E-state index contributed by atoms with van der Waals surface area (Å²) in [5.41, 5.74) is 3.04. The molecule has 2 rings (SSSR count). The van der Waals surface area contributed by atoms with E-state index >= 15 is 0 Å². The number of nitrogens with zero attached hydrogens (tertiary/aromatic N) is 2. The molecular formula is C13H14F3N5. The summed E-state index contributed by atoms with van der Waals surface area (Å²) in [6.45, 7) is 3.54. The third kappa shape index (κ3) is 3.05. The SMILES string of the molecule is CCc1nc(NN)c(C)c(Nc2cc(F)c(F)c(F)c2)n1. The van der Waals surface area contributed by atoms with Crippen molar-refractivity contribution in [3.63, 3.8) is 0 Å². The van der Waals surface area contributed by atoms with Crippen LogP contribution in [0.15, 0.2) is 12.1 Å². The Morgan fingerprint density at radius 3 is 2.19 bits per heavy atom. The molecule has 0 spiro atoms. The first-order valence-corrected chi connectivity index (χ1v) is 6.22. The number of anilines is 3. The highest BCUT2D eigenvalue weighted by Crippen LogP contribution is 2.25. The summed E-state index contributed by atoms with van der Waals surface area (Å²) in [5.74, 6) is 2.52. The van der Waals surface area contributed by atoms with Crippen LogP contribution in [0.25, 0.3) is 0 Å². The average molecular weight is 297 g/mol. The molecule has 2 aromatic rings. The Labute approximate surface area is 119 Å². The summed E-state index contributed by atoms with van der Waals surface area (Å²) < 4.78 is 39.4. The average Bonchev–Trinajstić information content (AvgIpc) is 2.46. The third-order valence-electron chi connectivity index (χ3n) is 2.89. The number of nitrogens with two attached hydrogens (primary N) is 1. The summed E-state index contributed by atoms with van der Waals surface area (Å²) in [4.78, 5) is 8.39. The first-order chi connectivity index (χ1) is 9.96. The van der Waals surface area contributed by atoms with Gasteiger partial charge >= 0.3 is 0 Å². The summed E-state index contributed by atoms with van der Waals surface area (Å²) in [6, 6.07) is 1.70. The molecule has 0 bridgehead atoms. The van der Waals surface area contributed by atoms with Gasteiger partial charge in [-0.05, 0) is 6.92 Å². The molecule has 0 radical (unpaired) electrons. The van der Waals surface area contributed by atoms with Gasteiger partial charge in [-0.15, -0.1) is 0 Å². The molecule has 0 aliphatic rings. The van der Waals surface area contributed by atoms with Gasteiger partial charge in [-0.25, -0.2) is 29.0 Å². The first-order valence-electron chi connectivity index (χ1n) is 6.22.